The summed E-state index contributed by atoms with van der Waals surface area (Å²) >= 11 is 0. The standard InChI is InChI=1S/C31H46N8O4/c32-16-8-7-14-26(28(34)41)39-29(42)23(18-21-10-3-1-4-11-21)20-27(40)25(15-9-17-37-31(35)36)38-30(43)24(33)19-22-12-5-2-6-13-22/h1-6,10-13,23-26H,7-9,14-20,32-33H2,(H2,34,41)(H,38,43)(H,39,42)(H4,35,36,37)/t23-,24+,25-,26+/m1/s1/i1D,3D,4D,10D,11D,16D2,18D2,23D,26D. The minimum absolute atomic E-state index is 0.0296. The number of carbonyl (C=O) groups excluding carboxylic acids is 4. The van der Waals surface area contributed by atoms with E-state index in [1.54, 1.807) is 30.3 Å². The zero-order valence-electron chi connectivity index (χ0n) is 34.7. The van der Waals surface area contributed by atoms with Gasteiger partial charge >= 0.3 is 0 Å². The van der Waals surface area contributed by atoms with E-state index in [9.17, 15) is 20.5 Å². The molecule has 0 aliphatic heterocycles. The number of Topliss-reactive ketones (excluding diaryl/α,β-unsaturated/α-hetero) is 1. The van der Waals surface area contributed by atoms with E-state index in [0.29, 0.717) is 5.56 Å². The molecular weight excluding hydrogens is 548 g/mol. The highest BCUT2D eigenvalue weighted by atomic mass is 16.2. The highest BCUT2D eigenvalue weighted by Gasteiger charge is 2.30. The first-order chi connectivity index (χ1) is 24.8. The lowest BCUT2D eigenvalue weighted by atomic mass is 9.89. The van der Waals surface area contributed by atoms with Gasteiger partial charge in [0.25, 0.3) is 0 Å². The number of guanidine groups is 1. The van der Waals surface area contributed by atoms with E-state index < -0.39 is 115 Å². The minimum Gasteiger partial charge on any atom is -0.370 e. The van der Waals surface area contributed by atoms with Gasteiger partial charge in [0, 0.05) is 25.7 Å². The molecule has 12 heteroatoms. The number of hydrogen-bond donors (Lipinski definition) is 7. The first-order valence-electron chi connectivity index (χ1n) is 19.0. The van der Waals surface area contributed by atoms with Gasteiger partial charge in [-0.1, -0.05) is 60.5 Å². The summed E-state index contributed by atoms with van der Waals surface area (Å²) in [5, 5.41) is 4.33. The molecule has 0 aliphatic rings. The lowest BCUT2D eigenvalue weighted by Gasteiger charge is -2.24. The Morgan fingerprint density at radius 3 is 2.23 bits per heavy atom. The topological polar surface area (TPSA) is 235 Å². The summed E-state index contributed by atoms with van der Waals surface area (Å²) in [6.45, 7) is -2.30. The number of amides is 3. The Morgan fingerprint density at radius 2 is 1.60 bits per heavy atom. The fraction of sp³-hybridized carbons (Fsp3) is 0.452. The fourth-order valence-corrected chi connectivity index (χ4v) is 3.83. The Balaban J connectivity index is 2.70. The van der Waals surface area contributed by atoms with Crippen molar-refractivity contribution < 1.29 is 34.3 Å². The number of nitrogens with one attached hydrogen (secondary N) is 2. The number of ketones is 1. The van der Waals surface area contributed by atoms with Gasteiger partial charge in [-0.2, -0.15) is 0 Å². The second-order valence-corrected chi connectivity index (χ2v) is 9.41. The molecule has 0 saturated heterocycles. The monoisotopic (exact) mass is 605 g/mol. The van der Waals surface area contributed by atoms with Gasteiger partial charge < -0.3 is 39.3 Å². The van der Waals surface area contributed by atoms with Crippen LogP contribution < -0.4 is 39.3 Å². The van der Waals surface area contributed by atoms with Gasteiger partial charge in [0.1, 0.15) is 6.02 Å². The predicted molar refractivity (Wildman–Crippen MR) is 167 cm³/mol. The Hall–Kier alpha value is -4.29. The highest BCUT2D eigenvalue weighted by molar-refractivity contribution is 5.94. The molecule has 0 spiro atoms. The van der Waals surface area contributed by atoms with Gasteiger partial charge in [0.15, 0.2) is 11.7 Å². The third-order valence-electron chi connectivity index (χ3n) is 6.00. The molecular formula is C31H46N8O4. The number of carbonyl (C=O) groups is 4. The van der Waals surface area contributed by atoms with Crippen molar-refractivity contribution in [3.8, 4) is 0 Å². The van der Waals surface area contributed by atoms with Crippen LogP contribution in [0, 0.1) is 5.89 Å². The van der Waals surface area contributed by atoms with Crippen LogP contribution >= 0.6 is 0 Å². The molecule has 0 aromatic heterocycles. The van der Waals surface area contributed by atoms with Crippen LogP contribution in [0.4, 0.5) is 0 Å². The third kappa shape index (κ3) is 13.5. The van der Waals surface area contributed by atoms with Crippen LogP contribution in [0.2, 0.25) is 0 Å². The van der Waals surface area contributed by atoms with Crippen molar-refractivity contribution in [2.75, 3.05) is 13.0 Å². The normalized spacial score (nSPS) is 19.4. The molecule has 0 fully saturated rings. The molecule has 2 aromatic carbocycles. The van der Waals surface area contributed by atoms with E-state index in [-0.39, 0.29) is 38.2 Å². The maximum atomic E-state index is 14.1. The van der Waals surface area contributed by atoms with Crippen molar-refractivity contribution in [1.82, 2.24) is 10.6 Å². The minimum atomic E-state index is -3.65. The van der Waals surface area contributed by atoms with Crippen LogP contribution in [0.3, 0.4) is 0 Å². The number of primary amides is 1. The van der Waals surface area contributed by atoms with E-state index in [1.807, 2.05) is 5.32 Å². The molecule has 3 amide bonds. The number of aliphatic imine (C=N–C) groups is 1. The van der Waals surface area contributed by atoms with Crippen molar-refractivity contribution in [3.63, 3.8) is 0 Å². The van der Waals surface area contributed by atoms with Crippen molar-refractivity contribution >= 4 is 29.5 Å². The van der Waals surface area contributed by atoms with Crippen LogP contribution in [0.1, 0.15) is 64.7 Å². The molecule has 2 rings (SSSR count). The van der Waals surface area contributed by atoms with Gasteiger partial charge in [-0.3, -0.25) is 24.2 Å². The summed E-state index contributed by atoms with van der Waals surface area (Å²) in [6.07, 6.45) is -6.70. The van der Waals surface area contributed by atoms with Crippen LogP contribution in [0.25, 0.3) is 0 Å². The maximum Gasteiger partial charge on any atom is 0.239 e. The van der Waals surface area contributed by atoms with Crippen molar-refractivity contribution in [1.29, 1.82) is 0 Å². The van der Waals surface area contributed by atoms with Gasteiger partial charge in [0.05, 0.1) is 20.3 Å². The van der Waals surface area contributed by atoms with Gasteiger partial charge in [-0.05, 0) is 62.5 Å². The average molecular weight is 606 g/mol. The van der Waals surface area contributed by atoms with E-state index >= 15 is 0 Å². The van der Waals surface area contributed by atoms with E-state index in [4.69, 9.17) is 42.4 Å². The lowest BCUT2D eigenvalue weighted by molar-refractivity contribution is -0.133. The van der Waals surface area contributed by atoms with Crippen LogP contribution in [-0.4, -0.2) is 60.6 Å². The molecule has 4 atom stereocenters. The summed E-state index contributed by atoms with van der Waals surface area (Å²) in [6, 6.07) is -2.26. The Kier molecular flexibility index (Phi) is 9.46. The third-order valence-corrected chi connectivity index (χ3v) is 6.00. The fourth-order valence-electron chi connectivity index (χ4n) is 3.83. The number of nitrogens with zero attached hydrogens (tertiary/aromatic N) is 1. The van der Waals surface area contributed by atoms with Crippen LogP contribution in [0.5, 0.6) is 0 Å². The van der Waals surface area contributed by atoms with E-state index in [2.05, 4.69) is 10.3 Å². The number of hydrogen-bond acceptors (Lipinski definition) is 7. The Bertz CT molecular complexity index is 1700. The first kappa shape index (κ1) is 21.4. The van der Waals surface area contributed by atoms with Gasteiger partial charge in [-0.15, -0.1) is 0 Å². The molecule has 2 aromatic rings. The number of nitrogens with two attached hydrogens (primary N) is 5. The quantitative estimate of drug-likeness (QED) is 0.0615. The van der Waals surface area contributed by atoms with Crippen molar-refractivity contribution in [3.05, 3.63) is 71.7 Å². The predicted octanol–water partition coefficient (Wildman–Crippen LogP) is 0.0120. The molecule has 0 radical (unpaired) electrons. The molecule has 0 heterocycles. The second kappa shape index (κ2) is 19.0. The zero-order chi connectivity index (χ0) is 41.4. The Morgan fingerprint density at radius 1 is 0.907 bits per heavy atom. The van der Waals surface area contributed by atoms with Gasteiger partial charge in [0.2, 0.25) is 17.7 Å². The van der Waals surface area contributed by atoms with Gasteiger partial charge in [-0.25, -0.2) is 0 Å². The summed E-state index contributed by atoms with van der Waals surface area (Å²) < 4.78 is 91.8. The molecule has 43 heavy (non-hydrogen) atoms. The van der Waals surface area contributed by atoms with Crippen molar-refractivity contribution in [2.45, 2.75) is 69.4 Å². The zero-order valence-corrected chi connectivity index (χ0v) is 23.7. The maximum absolute atomic E-state index is 14.1. The van der Waals surface area contributed by atoms with E-state index in [0.717, 1.165) is 0 Å². The molecule has 0 aliphatic carbocycles. The highest BCUT2D eigenvalue weighted by Crippen LogP contribution is 2.17. The average Bonchev–Trinajstić information content (AvgIpc) is 3.07. The summed E-state index contributed by atoms with van der Waals surface area (Å²) in [7, 11) is 0. The summed E-state index contributed by atoms with van der Waals surface area (Å²) in [5.41, 5.74) is 27.1. The smallest absolute Gasteiger partial charge is 0.239 e. The Labute approximate surface area is 268 Å². The second-order valence-electron chi connectivity index (χ2n) is 9.41. The largest absolute Gasteiger partial charge is 0.370 e. The first-order valence-corrected chi connectivity index (χ1v) is 13.5. The van der Waals surface area contributed by atoms with Crippen LogP contribution in [0.15, 0.2) is 65.5 Å². The summed E-state index contributed by atoms with van der Waals surface area (Å²) in [5.74, 6) is -9.15. The molecule has 234 valence electrons. The van der Waals surface area contributed by atoms with E-state index in [1.165, 1.54) is 0 Å². The molecule has 0 unspecified atom stereocenters. The SMILES string of the molecule is [2H]c1c([2H])c([2H])c(C([2H])([2H])[C@]([2H])(CC(=O)[C@@H](CCCN=C(N)N)NC(=O)[C@@H](N)Cc2ccccc2)C(=O)N[C@@]([2H])(CCCC([2H])([2H])N)C(N)=O)c([2H])c1[2H]. The van der Waals surface area contributed by atoms with Crippen molar-refractivity contribution in [2.24, 2.45) is 39.6 Å². The van der Waals surface area contributed by atoms with Crippen LogP contribution in [-0.2, 0) is 32.0 Å². The number of rotatable bonds is 20. The summed E-state index contributed by atoms with van der Waals surface area (Å²) in [4.78, 5) is 57.8. The lowest BCUT2D eigenvalue weighted by Crippen LogP contribution is -2.51. The molecule has 12 nitrogen and oxygen atoms in total. The molecule has 0 bridgehead atoms. The molecule has 0 saturated carbocycles. The number of benzene rings is 2. The molecule has 12 N–H and O–H groups in total.